The fraction of sp³-hybridized carbons (Fsp3) is 0.143. The largest absolute Gasteiger partial charge is 0.496 e. The van der Waals surface area contributed by atoms with Crippen LogP contribution in [0.2, 0.25) is 0 Å². The van der Waals surface area contributed by atoms with Crippen LogP contribution in [-0.2, 0) is 4.79 Å². The van der Waals surface area contributed by atoms with Gasteiger partial charge < -0.3 is 23.7 Å². The van der Waals surface area contributed by atoms with Crippen molar-refractivity contribution in [2.45, 2.75) is 13.0 Å². The number of carboxylic acid groups (broad SMARTS) is 1. The third kappa shape index (κ3) is 4.55. The number of carbonyl (C=O) groups is 1. The van der Waals surface area contributed by atoms with Gasteiger partial charge in [0.25, 0.3) is 5.56 Å². The number of furan rings is 1. The van der Waals surface area contributed by atoms with Gasteiger partial charge >= 0.3 is 5.97 Å². The average molecular weight is 514 g/mol. The molecule has 0 radical (unpaired) electrons. The summed E-state index contributed by atoms with van der Waals surface area (Å²) in [7, 11) is 3.02. The lowest BCUT2D eigenvalue weighted by molar-refractivity contribution is -0.144. The Morgan fingerprint density at radius 2 is 1.79 bits per heavy atom. The number of benzene rings is 3. The molecule has 0 aliphatic rings. The minimum Gasteiger partial charge on any atom is -0.496 e. The second-order valence-electron chi connectivity index (χ2n) is 8.31. The van der Waals surface area contributed by atoms with Crippen LogP contribution >= 0.6 is 0 Å². The molecule has 1 N–H and O–H groups in total. The monoisotopic (exact) mass is 513 g/mol. The van der Waals surface area contributed by atoms with E-state index in [0.717, 1.165) is 5.39 Å². The molecule has 1 atom stereocenters. The van der Waals surface area contributed by atoms with Crippen molar-refractivity contribution in [2.24, 2.45) is 5.10 Å². The number of aliphatic carboxylic acids is 1. The van der Waals surface area contributed by atoms with Gasteiger partial charge in [0.2, 0.25) is 5.82 Å². The number of fused-ring (bicyclic) bond motifs is 2. The molecule has 0 amide bonds. The maximum absolute atomic E-state index is 13.5. The van der Waals surface area contributed by atoms with Gasteiger partial charge in [-0.15, -0.1) is 0 Å². The van der Waals surface area contributed by atoms with Crippen LogP contribution in [0.1, 0.15) is 12.5 Å². The van der Waals surface area contributed by atoms with E-state index in [1.807, 2.05) is 12.1 Å². The molecule has 5 rings (SSSR count). The Morgan fingerprint density at radius 1 is 1.00 bits per heavy atom. The number of ether oxygens (including phenoxy) is 3. The lowest BCUT2D eigenvalue weighted by Gasteiger charge is -2.14. The highest BCUT2D eigenvalue weighted by atomic mass is 16.5. The number of aromatic nitrogens is 2. The zero-order valence-corrected chi connectivity index (χ0v) is 20.7. The first-order chi connectivity index (χ1) is 18.4. The first kappa shape index (κ1) is 24.6. The van der Waals surface area contributed by atoms with E-state index >= 15 is 0 Å². The first-order valence-corrected chi connectivity index (χ1v) is 11.6. The summed E-state index contributed by atoms with van der Waals surface area (Å²) in [5.41, 5.74) is 1.28. The van der Waals surface area contributed by atoms with Gasteiger partial charge in [-0.2, -0.15) is 9.78 Å². The Kier molecular flexibility index (Phi) is 6.53. The van der Waals surface area contributed by atoms with Gasteiger partial charge in [-0.3, -0.25) is 4.79 Å². The van der Waals surface area contributed by atoms with Gasteiger partial charge in [0, 0.05) is 0 Å². The van der Waals surface area contributed by atoms with E-state index in [0.29, 0.717) is 39.3 Å². The molecule has 0 unspecified atom stereocenters. The molecule has 2 aromatic heterocycles. The topological polar surface area (TPSA) is 125 Å². The summed E-state index contributed by atoms with van der Waals surface area (Å²) in [6.45, 7) is 1.42. The summed E-state index contributed by atoms with van der Waals surface area (Å²) in [5, 5.41) is 14.7. The Balaban J connectivity index is 1.61. The first-order valence-electron chi connectivity index (χ1n) is 11.6. The smallest absolute Gasteiger partial charge is 0.344 e. The highest BCUT2D eigenvalue weighted by molar-refractivity contribution is 5.88. The van der Waals surface area contributed by atoms with Crippen molar-refractivity contribution < 1.29 is 28.5 Å². The van der Waals surface area contributed by atoms with Gasteiger partial charge in [0.05, 0.1) is 36.7 Å². The summed E-state index contributed by atoms with van der Waals surface area (Å²) < 4.78 is 23.5. The van der Waals surface area contributed by atoms with Crippen LogP contribution in [0.5, 0.6) is 17.2 Å². The van der Waals surface area contributed by atoms with Crippen molar-refractivity contribution in [2.75, 3.05) is 14.2 Å². The summed E-state index contributed by atoms with van der Waals surface area (Å²) in [6, 6.07) is 19.0. The summed E-state index contributed by atoms with van der Waals surface area (Å²) in [6.07, 6.45) is 0.410. The van der Waals surface area contributed by atoms with Crippen molar-refractivity contribution in [3.05, 3.63) is 82.6 Å². The summed E-state index contributed by atoms with van der Waals surface area (Å²) in [4.78, 5) is 29.3. The number of carboxylic acids is 1. The highest BCUT2D eigenvalue weighted by Crippen LogP contribution is 2.33. The number of hydrogen-bond acceptors (Lipinski definition) is 8. The van der Waals surface area contributed by atoms with Gasteiger partial charge in [0.15, 0.2) is 23.4 Å². The lowest BCUT2D eigenvalue weighted by atomic mass is 10.2. The normalized spacial score (nSPS) is 12.2. The standard InChI is InChI=1S/C28H23N3O7/c1-16(28(33)34)37-23-12-11-17(13-24(23)36-3)15-29-31-26(30-20-8-5-4-7-18(20)27(31)32)25-14-19-21(35-2)9-6-10-22(19)38-25/h4-16H,1-3H3,(H,33,34)/t16-/m1/s1. The molecule has 2 heterocycles. The van der Waals surface area contributed by atoms with E-state index in [-0.39, 0.29) is 17.1 Å². The zero-order chi connectivity index (χ0) is 26.8. The highest BCUT2D eigenvalue weighted by Gasteiger charge is 2.18. The molecule has 10 heteroatoms. The number of rotatable bonds is 8. The zero-order valence-electron chi connectivity index (χ0n) is 20.7. The molecule has 192 valence electrons. The Hall–Kier alpha value is -5.12. The molecule has 38 heavy (non-hydrogen) atoms. The molecule has 0 bridgehead atoms. The molecular formula is C28H23N3O7. The van der Waals surface area contributed by atoms with E-state index in [2.05, 4.69) is 10.1 Å². The fourth-order valence-electron chi connectivity index (χ4n) is 3.94. The molecule has 0 fully saturated rings. The second-order valence-corrected chi connectivity index (χ2v) is 8.31. The molecule has 0 saturated heterocycles. The Morgan fingerprint density at radius 3 is 2.55 bits per heavy atom. The average Bonchev–Trinajstić information content (AvgIpc) is 3.37. The molecule has 3 aromatic carbocycles. The van der Waals surface area contributed by atoms with Gasteiger partial charge in [-0.25, -0.2) is 9.78 Å². The van der Waals surface area contributed by atoms with Crippen molar-refractivity contribution in [3.8, 4) is 28.8 Å². The molecule has 0 aliphatic heterocycles. The van der Waals surface area contributed by atoms with Crippen LogP contribution in [0.3, 0.4) is 0 Å². The van der Waals surface area contributed by atoms with Crippen molar-refractivity contribution in [1.82, 2.24) is 9.66 Å². The summed E-state index contributed by atoms with van der Waals surface area (Å²) >= 11 is 0. The number of para-hydroxylation sites is 1. The van der Waals surface area contributed by atoms with E-state index in [4.69, 9.17) is 23.7 Å². The maximum Gasteiger partial charge on any atom is 0.344 e. The van der Waals surface area contributed by atoms with Gasteiger partial charge in [-0.1, -0.05) is 18.2 Å². The minimum absolute atomic E-state index is 0.213. The number of nitrogens with zero attached hydrogens (tertiary/aromatic N) is 3. The third-order valence-corrected chi connectivity index (χ3v) is 5.88. The molecular weight excluding hydrogens is 490 g/mol. The van der Waals surface area contributed by atoms with E-state index < -0.39 is 12.1 Å². The molecule has 10 nitrogen and oxygen atoms in total. The van der Waals surface area contributed by atoms with Crippen molar-refractivity contribution in [1.29, 1.82) is 0 Å². The number of hydrogen-bond donors (Lipinski definition) is 1. The van der Waals surface area contributed by atoms with Crippen LogP contribution < -0.4 is 19.8 Å². The Bertz CT molecular complexity index is 1750. The van der Waals surface area contributed by atoms with Crippen molar-refractivity contribution in [3.63, 3.8) is 0 Å². The number of methoxy groups -OCH3 is 2. The third-order valence-electron chi connectivity index (χ3n) is 5.88. The van der Waals surface area contributed by atoms with Gasteiger partial charge in [0.1, 0.15) is 11.3 Å². The maximum atomic E-state index is 13.5. The molecule has 0 aliphatic carbocycles. The predicted molar refractivity (Wildman–Crippen MR) is 141 cm³/mol. The molecule has 0 saturated carbocycles. The fourth-order valence-corrected chi connectivity index (χ4v) is 3.94. The van der Waals surface area contributed by atoms with Crippen LogP contribution in [0.25, 0.3) is 33.5 Å². The Labute approximate surface area is 216 Å². The predicted octanol–water partition coefficient (Wildman–Crippen LogP) is 4.56. The van der Waals surface area contributed by atoms with Gasteiger partial charge in [-0.05, 0) is 61.0 Å². The van der Waals surface area contributed by atoms with E-state index in [1.165, 1.54) is 24.9 Å². The second kappa shape index (κ2) is 10.1. The van der Waals surface area contributed by atoms with Crippen LogP contribution in [-0.4, -0.2) is 47.3 Å². The molecule has 0 spiro atoms. The minimum atomic E-state index is -1.10. The molecule has 5 aromatic rings. The quantitative estimate of drug-likeness (QED) is 0.299. The van der Waals surface area contributed by atoms with Crippen LogP contribution in [0.4, 0.5) is 0 Å². The summed E-state index contributed by atoms with van der Waals surface area (Å²) in [5.74, 6) is 0.662. The van der Waals surface area contributed by atoms with Crippen molar-refractivity contribution >= 4 is 34.1 Å². The lowest BCUT2D eigenvalue weighted by Crippen LogP contribution is -2.23. The van der Waals surface area contributed by atoms with Crippen LogP contribution in [0.15, 0.2) is 81.0 Å². The van der Waals surface area contributed by atoms with E-state index in [1.54, 1.807) is 61.7 Å². The van der Waals surface area contributed by atoms with E-state index in [9.17, 15) is 9.59 Å². The van der Waals surface area contributed by atoms with Crippen LogP contribution in [0, 0.1) is 0 Å². The SMILES string of the molecule is COc1cc(C=Nn2c(-c3cc4c(OC)cccc4o3)nc3ccccc3c2=O)ccc1O[C@H](C)C(=O)O.